The summed E-state index contributed by atoms with van der Waals surface area (Å²) >= 11 is 4.56. The Morgan fingerprint density at radius 2 is 2.12 bits per heavy atom. The first-order chi connectivity index (χ1) is 16.1. The van der Waals surface area contributed by atoms with E-state index in [4.69, 9.17) is 5.73 Å². The second-order valence-corrected chi connectivity index (χ2v) is 10.1. The SMILES string of the molecule is CC1=C(/C=C/C(C)=C/C=C/C(C)=C/C(=O)NCN2C(N)=Nc3nc[nH]c3C2S)C(C)(C)CCC1. The van der Waals surface area contributed by atoms with E-state index in [2.05, 4.69) is 78.8 Å². The van der Waals surface area contributed by atoms with E-state index in [0.717, 1.165) is 16.8 Å². The molecule has 2 heterocycles. The molecule has 34 heavy (non-hydrogen) atoms. The number of nitrogens with zero attached hydrogens (tertiary/aromatic N) is 3. The molecule has 0 radical (unpaired) electrons. The largest absolute Gasteiger partial charge is 0.369 e. The van der Waals surface area contributed by atoms with Crippen LogP contribution in [0.3, 0.4) is 0 Å². The molecule has 8 heteroatoms. The topological polar surface area (TPSA) is 99.4 Å². The summed E-state index contributed by atoms with van der Waals surface area (Å²) in [7, 11) is 0. The van der Waals surface area contributed by atoms with Crippen LogP contribution in [-0.4, -0.2) is 33.4 Å². The molecule has 0 spiro atoms. The van der Waals surface area contributed by atoms with Crippen molar-refractivity contribution in [1.82, 2.24) is 20.2 Å². The quantitative estimate of drug-likeness (QED) is 0.245. The lowest BCUT2D eigenvalue weighted by Gasteiger charge is -2.32. The molecule has 1 amide bonds. The number of nitrogens with two attached hydrogens (primary N) is 1. The summed E-state index contributed by atoms with van der Waals surface area (Å²) in [5.74, 6) is 0.568. The zero-order valence-electron chi connectivity index (χ0n) is 20.7. The maximum atomic E-state index is 12.4. The van der Waals surface area contributed by atoms with Crippen LogP contribution in [0.4, 0.5) is 5.82 Å². The van der Waals surface area contributed by atoms with Gasteiger partial charge in [-0.1, -0.05) is 55.4 Å². The van der Waals surface area contributed by atoms with Gasteiger partial charge in [-0.15, -0.1) is 12.6 Å². The molecular formula is C26H36N6OS. The number of thiol groups is 1. The number of nitrogens with one attached hydrogen (secondary N) is 2. The molecule has 1 aliphatic carbocycles. The monoisotopic (exact) mass is 480 g/mol. The van der Waals surface area contributed by atoms with Crippen molar-refractivity contribution in [3.05, 3.63) is 70.8 Å². The lowest BCUT2D eigenvalue weighted by molar-refractivity contribution is -0.117. The molecule has 0 saturated carbocycles. The van der Waals surface area contributed by atoms with Crippen LogP contribution in [0.15, 0.2) is 70.1 Å². The van der Waals surface area contributed by atoms with Gasteiger partial charge < -0.3 is 20.9 Å². The van der Waals surface area contributed by atoms with Crippen molar-refractivity contribution in [1.29, 1.82) is 0 Å². The first kappa shape index (κ1) is 25.6. The van der Waals surface area contributed by atoms with Crippen LogP contribution >= 0.6 is 12.6 Å². The first-order valence-corrected chi connectivity index (χ1v) is 12.1. The molecule has 4 N–H and O–H groups in total. The van der Waals surface area contributed by atoms with Crippen LogP contribution in [-0.2, 0) is 4.79 Å². The van der Waals surface area contributed by atoms with Crippen molar-refractivity contribution in [2.24, 2.45) is 16.1 Å². The maximum absolute atomic E-state index is 12.4. The average molecular weight is 481 g/mol. The highest BCUT2D eigenvalue weighted by Crippen LogP contribution is 2.40. The van der Waals surface area contributed by atoms with E-state index in [1.807, 2.05) is 19.1 Å². The molecule has 7 nitrogen and oxygen atoms in total. The molecule has 0 saturated heterocycles. The molecule has 1 aromatic rings. The molecule has 0 aromatic carbocycles. The first-order valence-electron chi connectivity index (χ1n) is 11.6. The van der Waals surface area contributed by atoms with Gasteiger partial charge in [-0.05, 0) is 56.6 Å². The minimum absolute atomic E-state index is 0.184. The van der Waals surface area contributed by atoms with E-state index < -0.39 is 0 Å². The fourth-order valence-electron chi connectivity index (χ4n) is 4.30. The van der Waals surface area contributed by atoms with Gasteiger partial charge in [-0.3, -0.25) is 4.79 Å². The highest BCUT2D eigenvalue weighted by molar-refractivity contribution is 7.80. The van der Waals surface area contributed by atoms with Gasteiger partial charge in [0, 0.05) is 6.08 Å². The molecule has 1 atom stereocenters. The predicted octanol–water partition coefficient (Wildman–Crippen LogP) is 5.21. The Morgan fingerprint density at radius 3 is 2.85 bits per heavy atom. The number of hydrogen-bond acceptors (Lipinski definition) is 6. The Morgan fingerprint density at radius 1 is 1.35 bits per heavy atom. The molecular weight excluding hydrogens is 444 g/mol. The number of aliphatic imine (C=N–C) groups is 1. The number of guanidine groups is 1. The molecule has 1 aliphatic heterocycles. The average Bonchev–Trinajstić information content (AvgIpc) is 3.21. The number of carbonyl (C=O) groups is 1. The van der Waals surface area contributed by atoms with Gasteiger partial charge in [0.1, 0.15) is 5.37 Å². The van der Waals surface area contributed by atoms with E-state index in [-0.39, 0.29) is 29.3 Å². The lowest BCUT2D eigenvalue weighted by Crippen LogP contribution is -2.46. The third-order valence-electron chi connectivity index (χ3n) is 6.27. The summed E-state index contributed by atoms with van der Waals surface area (Å²) in [6.07, 6.45) is 17.2. The Hall–Kier alpha value is -3.00. The minimum atomic E-state index is -0.361. The maximum Gasteiger partial charge on any atom is 0.245 e. The summed E-state index contributed by atoms with van der Waals surface area (Å²) in [6.45, 7) is 11.1. The smallest absolute Gasteiger partial charge is 0.245 e. The number of rotatable bonds is 7. The lowest BCUT2D eigenvalue weighted by atomic mass is 9.72. The van der Waals surface area contributed by atoms with Crippen molar-refractivity contribution in [2.75, 3.05) is 6.67 Å². The summed E-state index contributed by atoms with van der Waals surface area (Å²) in [4.78, 5) is 25.4. The Bertz CT molecular complexity index is 1100. The van der Waals surface area contributed by atoms with Gasteiger partial charge in [-0.2, -0.15) is 4.99 Å². The minimum Gasteiger partial charge on any atom is -0.369 e. The van der Waals surface area contributed by atoms with Crippen molar-refractivity contribution in [3.8, 4) is 0 Å². The number of hydrogen-bond donors (Lipinski definition) is 4. The van der Waals surface area contributed by atoms with Crippen LogP contribution in [0.5, 0.6) is 0 Å². The standard InChI is InChI=1S/C26H36N6OS/c1-17(11-12-20-19(3)10-7-13-26(20,4)5)8-6-9-18(2)14-21(33)30-16-32-24(34)22-23(29-15-28-22)31-25(32)27/h6,8-9,11-12,14-15,24,34H,7,10,13,16H2,1-5H3,(H2,27,31)(H,28,29)(H,30,33)/b9-6+,12-11+,17-8+,18-14+. The Labute approximate surface area is 208 Å². The van der Waals surface area contributed by atoms with Crippen molar-refractivity contribution >= 4 is 30.3 Å². The van der Waals surface area contributed by atoms with Crippen molar-refractivity contribution in [3.63, 3.8) is 0 Å². The molecule has 1 unspecified atom stereocenters. The number of amides is 1. The zero-order valence-corrected chi connectivity index (χ0v) is 21.6. The molecule has 0 bridgehead atoms. The number of H-pyrrole nitrogens is 1. The van der Waals surface area contributed by atoms with E-state index in [9.17, 15) is 4.79 Å². The number of aromatic nitrogens is 2. The Kier molecular flexibility index (Phi) is 8.25. The second kappa shape index (κ2) is 11.0. The van der Waals surface area contributed by atoms with E-state index in [0.29, 0.717) is 5.82 Å². The fourth-order valence-corrected chi connectivity index (χ4v) is 4.69. The van der Waals surface area contributed by atoms with Crippen molar-refractivity contribution < 1.29 is 4.79 Å². The van der Waals surface area contributed by atoms with Gasteiger partial charge in [0.25, 0.3) is 0 Å². The summed E-state index contributed by atoms with van der Waals surface area (Å²) < 4.78 is 0. The normalized spacial score (nSPS) is 21.3. The van der Waals surface area contributed by atoms with Crippen LogP contribution in [0.25, 0.3) is 0 Å². The number of imidazole rings is 1. The van der Waals surface area contributed by atoms with E-state index >= 15 is 0 Å². The third kappa shape index (κ3) is 6.32. The van der Waals surface area contributed by atoms with Gasteiger partial charge in [0.05, 0.1) is 18.7 Å². The second-order valence-electron chi connectivity index (χ2n) is 9.58. The van der Waals surface area contributed by atoms with Gasteiger partial charge in [0.15, 0.2) is 5.82 Å². The van der Waals surface area contributed by atoms with E-state index in [1.54, 1.807) is 17.3 Å². The van der Waals surface area contributed by atoms with E-state index in [1.165, 1.54) is 30.4 Å². The predicted molar refractivity (Wildman–Crippen MR) is 143 cm³/mol. The fraction of sp³-hybridized carbons (Fsp3) is 0.423. The molecule has 0 fully saturated rings. The highest BCUT2D eigenvalue weighted by Gasteiger charge is 2.28. The molecule has 3 rings (SSSR count). The van der Waals surface area contributed by atoms with Crippen molar-refractivity contribution in [2.45, 2.75) is 59.3 Å². The number of carbonyl (C=O) groups excluding carboxylic acids is 1. The van der Waals surface area contributed by atoms with Crippen LogP contribution in [0, 0.1) is 5.41 Å². The van der Waals surface area contributed by atoms with Crippen LogP contribution < -0.4 is 11.1 Å². The molecule has 2 aliphatic rings. The highest BCUT2D eigenvalue weighted by atomic mass is 32.1. The van der Waals surface area contributed by atoms with Gasteiger partial charge in [0.2, 0.25) is 11.9 Å². The van der Waals surface area contributed by atoms with Gasteiger partial charge >= 0.3 is 0 Å². The zero-order chi connectivity index (χ0) is 24.9. The third-order valence-corrected chi connectivity index (χ3v) is 6.81. The van der Waals surface area contributed by atoms with Crippen LogP contribution in [0.2, 0.25) is 0 Å². The molecule has 1 aromatic heterocycles. The molecule has 182 valence electrons. The summed E-state index contributed by atoms with van der Waals surface area (Å²) in [6, 6.07) is 0. The number of aromatic amines is 1. The number of allylic oxidation sites excluding steroid dienone is 9. The Balaban J connectivity index is 1.53. The van der Waals surface area contributed by atoms with Gasteiger partial charge in [-0.25, -0.2) is 4.98 Å². The van der Waals surface area contributed by atoms with Crippen LogP contribution in [0.1, 0.15) is 64.9 Å². The summed E-state index contributed by atoms with van der Waals surface area (Å²) in [5, 5.41) is 2.47. The number of fused-ring (bicyclic) bond motifs is 1. The summed E-state index contributed by atoms with van der Waals surface area (Å²) in [5.41, 5.74) is 11.9.